The van der Waals surface area contributed by atoms with E-state index in [1.165, 1.54) is 11.8 Å². The molecule has 3 aromatic rings. The number of nitrogens with zero attached hydrogens (tertiary/aromatic N) is 4. The molecule has 0 saturated carbocycles. The molecule has 0 saturated heterocycles. The average molecular weight is 411 g/mol. The first-order valence-corrected chi connectivity index (χ1v) is 10.6. The van der Waals surface area contributed by atoms with Gasteiger partial charge in [0.2, 0.25) is 0 Å². The first-order chi connectivity index (χ1) is 13.7. The molecule has 0 fully saturated rings. The lowest BCUT2D eigenvalue weighted by Crippen LogP contribution is -2.28. The van der Waals surface area contributed by atoms with Crippen LogP contribution >= 0.6 is 23.1 Å². The van der Waals surface area contributed by atoms with E-state index >= 15 is 0 Å². The van der Waals surface area contributed by atoms with Crippen molar-refractivity contribution in [2.24, 2.45) is 5.10 Å². The third-order valence-electron chi connectivity index (χ3n) is 4.34. The number of aromatic nitrogens is 2. The van der Waals surface area contributed by atoms with Crippen molar-refractivity contribution in [2.75, 3.05) is 12.9 Å². The standard InChI is InChI=1S/C20H18N4O2S2/c1-26-15-7-5-14(6-8-15)17-12-16(18-4-2-11-27-18)23-24(17)19(25)13-28-20-21-9-3-10-22-20/h2-11,17H,12-13H2,1H3/t17-/m1/s1. The quantitative estimate of drug-likeness (QED) is 0.454. The lowest BCUT2D eigenvalue weighted by Gasteiger charge is -2.22. The predicted octanol–water partition coefficient (Wildman–Crippen LogP) is 4.02. The summed E-state index contributed by atoms with van der Waals surface area (Å²) < 4.78 is 5.25. The SMILES string of the molecule is COc1ccc([C@H]2CC(c3cccs3)=NN2C(=O)CSc2ncccn2)cc1. The van der Waals surface area contributed by atoms with Gasteiger partial charge in [-0.1, -0.05) is 30.0 Å². The lowest BCUT2D eigenvalue weighted by molar-refractivity contribution is -0.130. The second kappa shape index (κ2) is 8.53. The Kier molecular flexibility index (Phi) is 5.68. The van der Waals surface area contributed by atoms with Crippen LogP contribution in [-0.2, 0) is 4.79 Å². The number of hydrazone groups is 1. The highest BCUT2D eigenvalue weighted by molar-refractivity contribution is 7.99. The van der Waals surface area contributed by atoms with Crippen molar-refractivity contribution in [2.45, 2.75) is 17.6 Å². The molecule has 28 heavy (non-hydrogen) atoms. The molecular formula is C20H18N4O2S2. The Labute approximate surface area is 171 Å². The van der Waals surface area contributed by atoms with Crippen LogP contribution in [-0.4, -0.2) is 39.5 Å². The molecule has 2 aromatic heterocycles. The van der Waals surface area contributed by atoms with Gasteiger partial charge in [-0.25, -0.2) is 15.0 Å². The van der Waals surface area contributed by atoms with Gasteiger partial charge >= 0.3 is 0 Å². The van der Waals surface area contributed by atoms with Crippen LogP contribution in [0.25, 0.3) is 0 Å². The summed E-state index contributed by atoms with van der Waals surface area (Å²) in [5.41, 5.74) is 1.97. The monoisotopic (exact) mass is 410 g/mol. The Bertz CT molecular complexity index is 960. The Morgan fingerprint density at radius 1 is 1.21 bits per heavy atom. The molecule has 0 radical (unpaired) electrons. The van der Waals surface area contributed by atoms with Crippen molar-refractivity contribution in [1.82, 2.24) is 15.0 Å². The molecule has 1 aliphatic heterocycles. The van der Waals surface area contributed by atoms with Crippen molar-refractivity contribution < 1.29 is 9.53 Å². The summed E-state index contributed by atoms with van der Waals surface area (Å²) in [5, 5.41) is 8.88. The van der Waals surface area contributed by atoms with Crippen LogP contribution in [0.2, 0.25) is 0 Å². The Balaban J connectivity index is 1.56. The number of thioether (sulfide) groups is 1. The minimum absolute atomic E-state index is 0.0650. The van der Waals surface area contributed by atoms with E-state index in [-0.39, 0.29) is 17.7 Å². The minimum Gasteiger partial charge on any atom is -0.497 e. The zero-order valence-corrected chi connectivity index (χ0v) is 16.8. The summed E-state index contributed by atoms with van der Waals surface area (Å²) in [6.45, 7) is 0. The molecule has 0 N–H and O–H groups in total. The fourth-order valence-electron chi connectivity index (χ4n) is 2.97. The molecule has 1 amide bonds. The summed E-state index contributed by atoms with van der Waals surface area (Å²) in [6.07, 6.45) is 4.02. The Morgan fingerprint density at radius 3 is 2.68 bits per heavy atom. The van der Waals surface area contributed by atoms with Gasteiger partial charge in [-0.15, -0.1) is 11.3 Å². The van der Waals surface area contributed by atoms with E-state index in [1.807, 2.05) is 41.8 Å². The van der Waals surface area contributed by atoms with E-state index in [1.54, 1.807) is 41.9 Å². The number of carbonyl (C=O) groups excluding carboxylic acids is 1. The average Bonchev–Trinajstić information content (AvgIpc) is 3.43. The lowest BCUT2D eigenvalue weighted by atomic mass is 10.0. The van der Waals surface area contributed by atoms with Gasteiger partial charge in [0, 0.05) is 18.8 Å². The van der Waals surface area contributed by atoms with Crippen molar-refractivity contribution in [3.63, 3.8) is 0 Å². The maximum atomic E-state index is 13.0. The minimum atomic E-state index is -0.132. The van der Waals surface area contributed by atoms with Crippen LogP contribution in [0.5, 0.6) is 5.75 Å². The number of benzene rings is 1. The molecule has 0 spiro atoms. The molecule has 8 heteroatoms. The van der Waals surface area contributed by atoms with Gasteiger partial charge in [0.15, 0.2) is 5.16 Å². The number of carbonyl (C=O) groups is 1. The number of hydrogen-bond donors (Lipinski definition) is 0. The van der Waals surface area contributed by atoms with Gasteiger partial charge in [-0.2, -0.15) is 5.10 Å². The van der Waals surface area contributed by atoms with Crippen molar-refractivity contribution in [1.29, 1.82) is 0 Å². The van der Waals surface area contributed by atoms with Gasteiger partial charge in [0.1, 0.15) is 5.75 Å². The topological polar surface area (TPSA) is 67.7 Å². The van der Waals surface area contributed by atoms with E-state index in [0.717, 1.165) is 21.9 Å². The Morgan fingerprint density at radius 2 is 2.00 bits per heavy atom. The van der Waals surface area contributed by atoms with Crippen molar-refractivity contribution >= 4 is 34.7 Å². The molecule has 1 aliphatic rings. The van der Waals surface area contributed by atoms with Crippen LogP contribution in [0, 0.1) is 0 Å². The second-order valence-electron chi connectivity index (χ2n) is 6.08. The van der Waals surface area contributed by atoms with Crippen LogP contribution in [0.15, 0.2) is 70.5 Å². The highest BCUT2D eigenvalue weighted by Crippen LogP contribution is 2.35. The number of rotatable bonds is 6. The van der Waals surface area contributed by atoms with Crippen LogP contribution < -0.4 is 4.74 Å². The number of methoxy groups -OCH3 is 1. The highest BCUT2D eigenvalue weighted by atomic mass is 32.2. The fraction of sp³-hybridized carbons (Fsp3) is 0.200. The zero-order valence-electron chi connectivity index (χ0n) is 15.2. The molecule has 0 aliphatic carbocycles. The summed E-state index contributed by atoms with van der Waals surface area (Å²) in [5.74, 6) is 0.957. The maximum absolute atomic E-state index is 13.0. The Hall–Kier alpha value is -2.71. The predicted molar refractivity (Wildman–Crippen MR) is 111 cm³/mol. The van der Waals surface area contributed by atoms with Crippen LogP contribution in [0.4, 0.5) is 0 Å². The molecule has 142 valence electrons. The van der Waals surface area contributed by atoms with Gasteiger partial charge in [-0.3, -0.25) is 4.79 Å². The highest BCUT2D eigenvalue weighted by Gasteiger charge is 2.33. The van der Waals surface area contributed by atoms with E-state index in [9.17, 15) is 4.79 Å². The third-order valence-corrected chi connectivity index (χ3v) is 6.12. The van der Waals surface area contributed by atoms with Crippen LogP contribution in [0.3, 0.4) is 0 Å². The van der Waals surface area contributed by atoms with E-state index < -0.39 is 0 Å². The molecule has 6 nitrogen and oxygen atoms in total. The molecule has 0 unspecified atom stereocenters. The van der Waals surface area contributed by atoms with Gasteiger partial charge in [0.25, 0.3) is 5.91 Å². The maximum Gasteiger partial charge on any atom is 0.253 e. The number of hydrogen-bond acceptors (Lipinski definition) is 7. The first-order valence-electron chi connectivity index (χ1n) is 8.72. The van der Waals surface area contributed by atoms with Crippen LogP contribution in [0.1, 0.15) is 22.9 Å². The normalized spacial score (nSPS) is 16.1. The molecular weight excluding hydrogens is 392 g/mol. The second-order valence-corrected chi connectivity index (χ2v) is 7.97. The molecule has 3 heterocycles. The fourth-order valence-corrected chi connectivity index (χ4v) is 4.35. The summed E-state index contributed by atoms with van der Waals surface area (Å²) in [7, 11) is 1.64. The van der Waals surface area contributed by atoms with E-state index in [4.69, 9.17) is 4.74 Å². The van der Waals surface area contributed by atoms with E-state index in [0.29, 0.717) is 11.6 Å². The number of thiophene rings is 1. The molecule has 0 bridgehead atoms. The zero-order chi connectivity index (χ0) is 19.3. The smallest absolute Gasteiger partial charge is 0.253 e. The van der Waals surface area contributed by atoms with Crippen molar-refractivity contribution in [3.8, 4) is 5.75 Å². The first kappa shape index (κ1) is 18.6. The van der Waals surface area contributed by atoms with Gasteiger partial charge in [0.05, 0.1) is 29.5 Å². The number of amides is 1. The number of ether oxygens (including phenoxy) is 1. The largest absolute Gasteiger partial charge is 0.497 e. The van der Waals surface area contributed by atoms with E-state index in [2.05, 4.69) is 15.1 Å². The summed E-state index contributed by atoms with van der Waals surface area (Å²) in [4.78, 5) is 22.4. The third kappa shape index (κ3) is 4.07. The van der Waals surface area contributed by atoms with Crippen molar-refractivity contribution in [3.05, 3.63) is 70.7 Å². The van der Waals surface area contributed by atoms with Gasteiger partial charge in [-0.05, 0) is 35.2 Å². The van der Waals surface area contributed by atoms with Gasteiger partial charge < -0.3 is 4.74 Å². The molecule has 1 aromatic carbocycles. The molecule has 4 rings (SSSR count). The summed E-state index contributed by atoms with van der Waals surface area (Å²) >= 11 is 2.95. The molecule has 1 atom stereocenters. The summed E-state index contributed by atoms with van der Waals surface area (Å²) in [6, 6.07) is 13.5.